The van der Waals surface area contributed by atoms with Gasteiger partial charge in [0.1, 0.15) is 0 Å². The zero-order chi connectivity index (χ0) is 15.6. The standard InChI is InChI=1S/C19H36N4.ClH/c20-13-19-12-16-4-11-23(19)15-17(16)14-21-9-5-18(6-10-21)22-7-2-1-3-8-22;/h16-19H,1-15,20H2;1H/t16-,17-,19+;/m0./s1. The van der Waals surface area contributed by atoms with Gasteiger partial charge >= 0.3 is 0 Å². The van der Waals surface area contributed by atoms with E-state index in [4.69, 9.17) is 5.73 Å². The fourth-order valence-corrected chi connectivity index (χ4v) is 5.78. The first-order chi connectivity index (χ1) is 11.3. The van der Waals surface area contributed by atoms with Gasteiger partial charge in [-0.3, -0.25) is 4.90 Å². The van der Waals surface area contributed by atoms with Crippen molar-refractivity contribution in [3.8, 4) is 0 Å². The minimum absolute atomic E-state index is 0. The van der Waals surface area contributed by atoms with Gasteiger partial charge in [0.05, 0.1) is 0 Å². The fourth-order valence-electron chi connectivity index (χ4n) is 5.78. The third-order valence-corrected chi connectivity index (χ3v) is 7.24. The van der Waals surface area contributed by atoms with E-state index in [1.54, 1.807) is 0 Å². The second-order valence-corrected chi connectivity index (χ2v) is 8.56. The molecule has 0 aromatic carbocycles. The monoisotopic (exact) mass is 356 g/mol. The molecule has 0 aromatic rings. The zero-order valence-corrected chi connectivity index (χ0v) is 16.1. The van der Waals surface area contributed by atoms with Gasteiger partial charge in [-0.15, -0.1) is 12.4 Å². The molecule has 0 saturated carbocycles. The molecule has 2 bridgehead atoms. The maximum Gasteiger partial charge on any atom is 0.0221 e. The van der Waals surface area contributed by atoms with Gasteiger partial charge in [-0.05, 0) is 83.1 Å². The van der Waals surface area contributed by atoms with Crippen LogP contribution in [0.15, 0.2) is 0 Å². The van der Waals surface area contributed by atoms with Crippen LogP contribution in [0, 0.1) is 11.8 Å². The fraction of sp³-hybridized carbons (Fsp3) is 1.00. The van der Waals surface area contributed by atoms with Crippen LogP contribution in [0.3, 0.4) is 0 Å². The molecule has 24 heavy (non-hydrogen) atoms. The van der Waals surface area contributed by atoms with Crippen LogP contribution in [0.2, 0.25) is 0 Å². The van der Waals surface area contributed by atoms with E-state index in [-0.39, 0.29) is 12.4 Å². The first-order valence-corrected chi connectivity index (χ1v) is 10.2. The molecule has 140 valence electrons. The van der Waals surface area contributed by atoms with Crippen LogP contribution < -0.4 is 5.73 Å². The second-order valence-electron chi connectivity index (χ2n) is 8.56. The first kappa shape index (κ1) is 18.9. The van der Waals surface area contributed by atoms with Gasteiger partial charge in [-0.2, -0.15) is 0 Å². The summed E-state index contributed by atoms with van der Waals surface area (Å²) in [4.78, 5) is 8.26. The quantitative estimate of drug-likeness (QED) is 0.836. The van der Waals surface area contributed by atoms with E-state index in [1.807, 2.05) is 0 Å². The summed E-state index contributed by atoms with van der Waals surface area (Å²) < 4.78 is 0. The lowest BCUT2D eigenvalue weighted by Crippen LogP contribution is -2.58. The average molecular weight is 357 g/mol. The molecule has 5 heterocycles. The number of nitrogens with two attached hydrogens (primary N) is 1. The number of hydrogen-bond donors (Lipinski definition) is 1. The van der Waals surface area contributed by atoms with E-state index >= 15 is 0 Å². The minimum atomic E-state index is 0. The average Bonchev–Trinajstić information content (AvgIpc) is 2.63. The molecule has 0 aliphatic carbocycles. The van der Waals surface area contributed by atoms with Crippen molar-refractivity contribution in [2.24, 2.45) is 17.6 Å². The summed E-state index contributed by atoms with van der Waals surface area (Å²) in [5.41, 5.74) is 5.95. The maximum atomic E-state index is 5.95. The Hall–Kier alpha value is 0.130. The molecule has 4 atom stereocenters. The molecule has 4 nitrogen and oxygen atoms in total. The van der Waals surface area contributed by atoms with Gasteiger partial charge in [0.25, 0.3) is 0 Å². The Kier molecular flexibility index (Phi) is 6.84. The van der Waals surface area contributed by atoms with Crippen LogP contribution in [-0.4, -0.2) is 79.1 Å². The van der Waals surface area contributed by atoms with Crippen LogP contribution in [0.4, 0.5) is 0 Å². The van der Waals surface area contributed by atoms with Crippen molar-refractivity contribution in [2.45, 2.75) is 57.0 Å². The highest BCUT2D eigenvalue weighted by Crippen LogP contribution is 2.36. The lowest BCUT2D eigenvalue weighted by Gasteiger charge is -2.51. The molecule has 0 aromatic heterocycles. The summed E-state index contributed by atoms with van der Waals surface area (Å²) in [5, 5.41) is 0. The van der Waals surface area contributed by atoms with Crippen molar-refractivity contribution < 1.29 is 0 Å². The van der Waals surface area contributed by atoms with Crippen molar-refractivity contribution in [3.63, 3.8) is 0 Å². The van der Waals surface area contributed by atoms with E-state index in [2.05, 4.69) is 14.7 Å². The summed E-state index contributed by atoms with van der Waals surface area (Å²) in [6.07, 6.45) is 9.93. The highest BCUT2D eigenvalue weighted by molar-refractivity contribution is 5.85. The highest BCUT2D eigenvalue weighted by Gasteiger charge is 2.40. The molecule has 5 heteroatoms. The van der Waals surface area contributed by atoms with Gasteiger partial charge in [0.2, 0.25) is 0 Å². The van der Waals surface area contributed by atoms with Crippen molar-refractivity contribution in [2.75, 3.05) is 52.4 Å². The number of hydrogen-bond acceptors (Lipinski definition) is 4. The Bertz CT molecular complexity index is 380. The molecule has 5 aliphatic rings. The van der Waals surface area contributed by atoms with Gasteiger partial charge in [-0.1, -0.05) is 6.42 Å². The predicted molar refractivity (Wildman–Crippen MR) is 103 cm³/mol. The number of piperidine rings is 5. The number of rotatable bonds is 4. The number of likely N-dealkylation sites (tertiary alicyclic amines) is 2. The summed E-state index contributed by atoms with van der Waals surface area (Å²) in [7, 11) is 0. The van der Waals surface area contributed by atoms with E-state index < -0.39 is 0 Å². The van der Waals surface area contributed by atoms with Gasteiger partial charge in [0, 0.05) is 31.7 Å². The van der Waals surface area contributed by atoms with Gasteiger partial charge in [0.15, 0.2) is 0 Å². The van der Waals surface area contributed by atoms with Crippen LogP contribution in [0.25, 0.3) is 0 Å². The van der Waals surface area contributed by atoms with E-state index in [1.165, 1.54) is 90.8 Å². The maximum absolute atomic E-state index is 5.95. The Labute approximate surface area is 154 Å². The lowest BCUT2D eigenvalue weighted by atomic mass is 9.75. The van der Waals surface area contributed by atoms with Crippen molar-refractivity contribution >= 4 is 12.4 Å². The predicted octanol–water partition coefficient (Wildman–Crippen LogP) is 2.03. The number of nitrogens with zero attached hydrogens (tertiary/aromatic N) is 3. The molecule has 0 spiro atoms. The summed E-state index contributed by atoms with van der Waals surface area (Å²) in [6, 6.07) is 1.58. The Morgan fingerprint density at radius 2 is 1.58 bits per heavy atom. The molecule has 5 saturated heterocycles. The highest BCUT2D eigenvalue weighted by atomic mass is 35.5. The summed E-state index contributed by atoms with van der Waals surface area (Å²) in [6.45, 7) is 10.2. The molecule has 5 rings (SSSR count). The van der Waals surface area contributed by atoms with E-state index in [9.17, 15) is 0 Å². The third-order valence-electron chi connectivity index (χ3n) is 7.24. The number of fused-ring (bicyclic) bond motifs is 3. The normalized spacial score (nSPS) is 38.9. The molecule has 1 unspecified atom stereocenters. The molecular weight excluding hydrogens is 320 g/mol. The summed E-state index contributed by atoms with van der Waals surface area (Å²) in [5.74, 6) is 1.87. The summed E-state index contributed by atoms with van der Waals surface area (Å²) >= 11 is 0. The van der Waals surface area contributed by atoms with Crippen molar-refractivity contribution in [1.29, 1.82) is 0 Å². The molecular formula is C19H37ClN4. The van der Waals surface area contributed by atoms with Crippen LogP contribution in [0.1, 0.15) is 44.9 Å². The first-order valence-electron chi connectivity index (χ1n) is 10.2. The Morgan fingerprint density at radius 1 is 0.833 bits per heavy atom. The number of halogens is 1. The van der Waals surface area contributed by atoms with Crippen LogP contribution in [-0.2, 0) is 0 Å². The van der Waals surface area contributed by atoms with Crippen molar-refractivity contribution in [3.05, 3.63) is 0 Å². The molecule has 0 radical (unpaired) electrons. The zero-order valence-electron chi connectivity index (χ0n) is 15.2. The molecule has 5 fully saturated rings. The second kappa shape index (κ2) is 8.68. The Balaban J connectivity index is 0.00000169. The van der Waals surface area contributed by atoms with Crippen molar-refractivity contribution in [1.82, 2.24) is 14.7 Å². The van der Waals surface area contributed by atoms with Gasteiger partial charge < -0.3 is 15.5 Å². The van der Waals surface area contributed by atoms with Crippen LogP contribution in [0.5, 0.6) is 0 Å². The topological polar surface area (TPSA) is 35.7 Å². The van der Waals surface area contributed by atoms with E-state index in [0.717, 1.165) is 24.4 Å². The smallest absolute Gasteiger partial charge is 0.0221 e. The largest absolute Gasteiger partial charge is 0.329 e. The molecule has 2 N–H and O–H groups in total. The van der Waals surface area contributed by atoms with E-state index in [0.29, 0.717) is 6.04 Å². The SMILES string of the molecule is Cl.NC[C@H]1C[C@@H]2CCN1C[C@@H]2CN1CCC(N2CCCCC2)CC1. The van der Waals surface area contributed by atoms with Crippen LogP contribution >= 0.6 is 12.4 Å². The van der Waals surface area contributed by atoms with Gasteiger partial charge in [-0.25, -0.2) is 0 Å². The lowest BCUT2D eigenvalue weighted by molar-refractivity contribution is -0.0153. The molecule has 0 amide bonds. The Morgan fingerprint density at radius 3 is 2.21 bits per heavy atom. The molecule has 5 aliphatic heterocycles. The third kappa shape index (κ3) is 4.09. The minimum Gasteiger partial charge on any atom is -0.329 e.